The second kappa shape index (κ2) is 9.29. The number of rotatable bonds is 5. The summed E-state index contributed by atoms with van der Waals surface area (Å²) in [6, 6.07) is 7.82. The summed E-state index contributed by atoms with van der Waals surface area (Å²) in [6.45, 7) is 8.64. The Bertz CT molecular complexity index is 1330. The van der Waals surface area contributed by atoms with Crippen LogP contribution in [-0.2, 0) is 46.1 Å². The van der Waals surface area contributed by atoms with Crippen LogP contribution in [0.2, 0.25) is 0 Å². The molecule has 5 rings (SSSR count). The van der Waals surface area contributed by atoms with Gasteiger partial charge in [0.1, 0.15) is 6.61 Å². The summed E-state index contributed by atoms with van der Waals surface area (Å²) in [5, 5.41) is 12.1. The Kier molecular flexibility index (Phi) is 6.58. The van der Waals surface area contributed by atoms with Crippen molar-refractivity contribution in [3.8, 4) is 11.4 Å². The number of carbonyl (C=O) groups is 1. The fourth-order valence-electron chi connectivity index (χ4n) is 4.88. The van der Waals surface area contributed by atoms with Crippen molar-refractivity contribution in [2.75, 3.05) is 7.11 Å². The molecule has 2 N–H and O–H groups in total. The number of hydrogen-bond donors (Lipinski definition) is 2. The molecule has 8 heteroatoms. The van der Waals surface area contributed by atoms with Gasteiger partial charge >= 0.3 is 5.97 Å². The summed E-state index contributed by atoms with van der Waals surface area (Å²) in [5.41, 5.74) is 6.88. The fourth-order valence-corrected chi connectivity index (χ4v) is 4.88. The van der Waals surface area contributed by atoms with Crippen molar-refractivity contribution < 1.29 is 19.5 Å². The molecule has 0 amide bonds. The van der Waals surface area contributed by atoms with Gasteiger partial charge < -0.3 is 19.2 Å². The molecule has 2 aliphatic rings. The summed E-state index contributed by atoms with van der Waals surface area (Å²) in [6.07, 6.45) is 0.906. The van der Waals surface area contributed by atoms with Crippen LogP contribution >= 0.6 is 0 Å². The van der Waals surface area contributed by atoms with Crippen molar-refractivity contribution in [3.05, 3.63) is 62.4 Å². The lowest BCUT2D eigenvalue weighted by atomic mass is 9.86. The number of aromatic nitrogens is 2. The first-order valence-electron chi connectivity index (χ1n) is 11.8. The number of ether oxygens (including phenoxy) is 1. The number of benzene rings is 1. The number of nitrogens with zero attached hydrogens (tertiary/aromatic N) is 2. The predicted octanol–water partition coefficient (Wildman–Crippen LogP) is 3.32. The number of hydrogen-bond acceptors (Lipinski definition) is 7. The van der Waals surface area contributed by atoms with Gasteiger partial charge in [-0.2, -0.15) is 5.48 Å². The van der Waals surface area contributed by atoms with Crippen LogP contribution < -0.4 is 11.0 Å². The maximum absolute atomic E-state index is 13.4. The molecule has 2 aromatic heterocycles. The monoisotopic (exact) mass is 465 g/mol. The second-order valence-corrected chi connectivity index (χ2v) is 8.25. The highest BCUT2D eigenvalue weighted by molar-refractivity contribution is 5.89. The molecule has 1 aromatic carbocycles. The van der Waals surface area contributed by atoms with E-state index in [1.807, 2.05) is 26.0 Å². The maximum atomic E-state index is 13.4. The van der Waals surface area contributed by atoms with Crippen LogP contribution in [0.1, 0.15) is 61.9 Å². The first kappa shape index (κ1) is 24.1. The second-order valence-electron chi connectivity index (χ2n) is 8.25. The number of nitrogens with one attached hydrogen (secondary N) is 1. The standard InChI is InChI=1S/C24H25N3O5.C2H6/c1-4-14-15-8-13(10-25-31-3)6-7-19(15)26-21-16(14)11-27-20(21)9-18-17(22(27)28)12-32-23(29)24(18,30)5-2;1-2/h6-9,25,30H,4-5,10-12H2,1-3H3;1-2H3/t24-;/m0./s1. The van der Waals surface area contributed by atoms with E-state index in [1.54, 1.807) is 24.7 Å². The minimum absolute atomic E-state index is 0.123. The molecule has 3 aromatic rings. The van der Waals surface area contributed by atoms with E-state index in [2.05, 4.69) is 18.5 Å². The van der Waals surface area contributed by atoms with Crippen molar-refractivity contribution in [1.82, 2.24) is 15.0 Å². The molecule has 1 atom stereocenters. The maximum Gasteiger partial charge on any atom is 0.343 e. The highest BCUT2D eigenvalue weighted by Crippen LogP contribution is 2.40. The Morgan fingerprint density at radius 3 is 2.65 bits per heavy atom. The van der Waals surface area contributed by atoms with E-state index in [1.165, 1.54) is 0 Å². The number of esters is 1. The Morgan fingerprint density at radius 2 is 1.97 bits per heavy atom. The number of pyridine rings is 2. The van der Waals surface area contributed by atoms with Crippen molar-refractivity contribution in [3.63, 3.8) is 0 Å². The molecular formula is C26H31N3O5. The number of hydroxylamine groups is 1. The number of aliphatic hydroxyl groups is 1. The molecule has 0 aliphatic carbocycles. The van der Waals surface area contributed by atoms with Gasteiger partial charge in [0.05, 0.1) is 36.1 Å². The van der Waals surface area contributed by atoms with E-state index in [4.69, 9.17) is 14.6 Å². The Labute approximate surface area is 198 Å². The quantitative estimate of drug-likeness (QED) is 0.344. The molecule has 0 spiro atoms. The topological polar surface area (TPSA) is 103 Å². The van der Waals surface area contributed by atoms with E-state index in [9.17, 15) is 14.7 Å². The molecule has 0 saturated heterocycles. The van der Waals surface area contributed by atoms with Crippen LogP contribution in [0.5, 0.6) is 0 Å². The molecule has 8 nitrogen and oxygen atoms in total. The zero-order valence-corrected chi connectivity index (χ0v) is 20.3. The van der Waals surface area contributed by atoms with Gasteiger partial charge in [-0.05, 0) is 42.2 Å². The largest absolute Gasteiger partial charge is 0.458 e. The van der Waals surface area contributed by atoms with Crippen molar-refractivity contribution >= 4 is 16.9 Å². The van der Waals surface area contributed by atoms with Crippen LogP contribution in [0.15, 0.2) is 29.1 Å². The first-order valence-corrected chi connectivity index (χ1v) is 11.8. The summed E-state index contributed by atoms with van der Waals surface area (Å²) in [5.74, 6) is -0.715. The van der Waals surface area contributed by atoms with E-state index in [-0.39, 0.29) is 18.6 Å². The minimum atomic E-state index is -1.82. The summed E-state index contributed by atoms with van der Waals surface area (Å²) in [7, 11) is 1.58. The lowest BCUT2D eigenvalue weighted by Gasteiger charge is -2.31. The summed E-state index contributed by atoms with van der Waals surface area (Å²) in [4.78, 5) is 35.6. The molecule has 0 unspecified atom stereocenters. The van der Waals surface area contributed by atoms with Gasteiger partial charge in [-0.1, -0.05) is 33.8 Å². The molecule has 0 saturated carbocycles. The first-order chi connectivity index (χ1) is 16.4. The van der Waals surface area contributed by atoms with Gasteiger partial charge in [-0.25, -0.2) is 9.78 Å². The fraction of sp³-hybridized carbons (Fsp3) is 0.423. The SMILES string of the molecule is CC.CCc1c2c(nc3ccc(CNOC)cc13)-c1cc3c(c(=O)n1C2)COC(=O)[C@]3(O)CC. The molecular weight excluding hydrogens is 434 g/mol. The van der Waals surface area contributed by atoms with E-state index >= 15 is 0 Å². The molecule has 0 bridgehead atoms. The third kappa shape index (κ3) is 3.53. The van der Waals surface area contributed by atoms with E-state index in [0.29, 0.717) is 29.9 Å². The number of fused-ring (bicyclic) bond motifs is 5. The van der Waals surface area contributed by atoms with Gasteiger partial charge in [-0.3, -0.25) is 4.79 Å². The Balaban J connectivity index is 0.00000133. The van der Waals surface area contributed by atoms with Gasteiger partial charge in [0.15, 0.2) is 5.60 Å². The van der Waals surface area contributed by atoms with Crippen LogP contribution in [0.4, 0.5) is 0 Å². The van der Waals surface area contributed by atoms with Gasteiger partial charge in [0.2, 0.25) is 0 Å². The third-order valence-corrected chi connectivity index (χ3v) is 6.64. The minimum Gasteiger partial charge on any atom is -0.458 e. The van der Waals surface area contributed by atoms with Crippen LogP contribution in [0.25, 0.3) is 22.3 Å². The average molecular weight is 466 g/mol. The predicted molar refractivity (Wildman–Crippen MR) is 129 cm³/mol. The molecule has 34 heavy (non-hydrogen) atoms. The third-order valence-electron chi connectivity index (χ3n) is 6.64. The van der Waals surface area contributed by atoms with Crippen molar-refractivity contribution in [2.24, 2.45) is 0 Å². The Morgan fingerprint density at radius 1 is 1.21 bits per heavy atom. The van der Waals surface area contributed by atoms with Crippen LogP contribution in [0.3, 0.4) is 0 Å². The smallest absolute Gasteiger partial charge is 0.343 e. The van der Waals surface area contributed by atoms with E-state index < -0.39 is 11.6 Å². The lowest BCUT2D eigenvalue weighted by molar-refractivity contribution is -0.172. The van der Waals surface area contributed by atoms with Crippen LogP contribution in [0, 0.1) is 0 Å². The van der Waals surface area contributed by atoms with Crippen molar-refractivity contribution in [1.29, 1.82) is 0 Å². The lowest BCUT2D eigenvalue weighted by Crippen LogP contribution is -2.44. The number of cyclic esters (lactones) is 1. The van der Waals surface area contributed by atoms with Gasteiger partial charge in [-0.15, -0.1) is 0 Å². The zero-order chi connectivity index (χ0) is 24.6. The summed E-state index contributed by atoms with van der Waals surface area (Å²) < 4.78 is 6.83. The van der Waals surface area contributed by atoms with Gasteiger partial charge in [0, 0.05) is 23.1 Å². The highest BCUT2D eigenvalue weighted by atomic mass is 16.6. The van der Waals surface area contributed by atoms with Gasteiger partial charge in [0.25, 0.3) is 5.56 Å². The number of aryl methyl sites for hydroxylation is 1. The van der Waals surface area contributed by atoms with E-state index in [0.717, 1.165) is 39.7 Å². The molecule has 0 fully saturated rings. The molecule has 0 radical (unpaired) electrons. The molecule has 4 heterocycles. The van der Waals surface area contributed by atoms with Crippen molar-refractivity contribution in [2.45, 2.75) is 65.8 Å². The molecule has 180 valence electrons. The Hall–Kier alpha value is -3.07. The normalized spacial score (nSPS) is 18.0. The molecule has 2 aliphatic heterocycles. The average Bonchev–Trinajstić information content (AvgIpc) is 3.23. The summed E-state index contributed by atoms with van der Waals surface area (Å²) >= 11 is 0. The van der Waals surface area contributed by atoms with Crippen LogP contribution in [-0.4, -0.2) is 27.7 Å². The number of carbonyl (C=O) groups excluding carboxylic acids is 1. The highest BCUT2D eigenvalue weighted by Gasteiger charge is 2.45. The zero-order valence-electron chi connectivity index (χ0n) is 20.3.